The Balaban J connectivity index is 1.53. The van der Waals surface area contributed by atoms with Gasteiger partial charge in [0.2, 0.25) is 6.79 Å². The molecule has 4 aromatic rings. The van der Waals surface area contributed by atoms with Crippen molar-refractivity contribution in [3.05, 3.63) is 75.3 Å². The van der Waals surface area contributed by atoms with Crippen molar-refractivity contribution in [2.24, 2.45) is 0 Å². The van der Waals surface area contributed by atoms with Crippen molar-refractivity contribution in [2.75, 3.05) is 13.3 Å². The lowest BCUT2D eigenvalue weighted by Crippen LogP contribution is -2.40. The molecule has 2 aromatic carbocycles. The second kappa shape index (κ2) is 8.20. The van der Waals surface area contributed by atoms with Gasteiger partial charge in [-0.15, -0.1) is 5.10 Å². The molecule has 1 atom stereocenters. The van der Waals surface area contributed by atoms with E-state index in [-0.39, 0.29) is 17.9 Å². The molecule has 0 spiro atoms. The van der Waals surface area contributed by atoms with E-state index >= 15 is 0 Å². The van der Waals surface area contributed by atoms with E-state index < -0.39 is 6.04 Å². The highest BCUT2D eigenvalue weighted by Gasteiger charge is 2.35. The molecule has 180 valence electrons. The standard InChI is InChI=1S/C26H28N6O3/c1-4-26(2,3)32-24(28-29-30-32)23(31-10-9-16-7-5-6-8-17(16)14-31)19-11-18-12-21-22(35-15-34-21)13-20(18)27-25(19)33/h5-8,11-13,23H,4,9-10,14-15H2,1-3H3,(H,27,33)/t23-/m0/s1. The molecule has 2 aromatic heterocycles. The first-order valence-corrected chi connectivity index (χ1v) is 12.0. The summed E-state index contributed by atoms with van der Waals surface area (Å²) in [7, 11) is 0. The minimum Gasteiger partial charge on any atom is -0.454 e. The van der Waals surface area contributed by atoms with E-state index in [4.69, 9.17) is 9.47 Å². The van der Waals surface area contributed by atoms with Crippen LogP contribution in [0, 0.1) is 0 Å². The number of fused-ring (bicyclic) bond motifs is 3. The minimum atomic E-state index is -0.414. The monoisotopic (exact) mass is 472 g/mol. The maximum atomic E-state index is 13.6. The number of nitrogens with zero attached hydrogens (tertiary/aromatic N) is 5. The zero-order valence-electron chi connectivity index (χ0n) is 20.1. The fourth-order valence-corrected chi connectivity index (χ4v) is 5.00. The number of aromatic amines is 1. The number of pyridine rings is 1. The average Bonchev–Trinajstić information content (AvgIpc) is 3.53. The molecule has 0 amide bonds. The summed E-state index contributed by atoms with van der Waals surface area (Å²) in [5.41, 5.74) is 3.46. The number of hydrogen-bond acceptors (Lipinski definition) is 7. The number of aromatic nitrogens is 5. The number of tetrazole rings is 1. The Hall–Kier alpha value is -3.72. The SMILES string of the molecule is CCC(C)(C)n1nnnc1[C@H](c1cc2cc3c(cc2[nH]c1=O)OCO3)N1CCc2ccccc2C1. The highest BCUT2D eigenvalue weighted by atomic mass is 16.7. The van der Waals surface area contributed by atoms with Gasteiger partial charge >= 0.3 is 0 Å². The van der Waals surface area contributed by atoms with Crippen molar-refractivity contribution < 1.29 is 9.47 Å². The van der Waals surface area contributed by atoms with Gasteiger partial charge in [-0.05, 0) is 60.4 Å². The van der Waals surface area contributed by atoms with E-state index in [0.29, 0.717) is 34.9 Å². The number of H-pyrrole nitrogens is 1. The van der Waals surface area contributed by atoms with E-state index in [0.717, 1.165) is 24.8 Å². The summed E-state index contributed by atoms with van der Waals surface area (Å²) < 4.78 is 13.0. The van der Waals surface area contributed by atoms with Crippen LogP contribution in [0.4, 0.5) is 0 Å². The van der Waals surface area contributed by atoms with Crippen molar-refractivity contribution in [3.8, 4) is 11.5 Å². The minimum absolute atomic E-state index is 0.163. The van der Waals surface area contributed by atoms with Crippen LogP contribution in [0.15, 0.2) is 47.3 Å². The lowest BCUT2D eigenvalue weighted by atomic mass is 9.95. The molecule has 6 rings (SSSR count). The topological polar surface area (TPSA) is 98.2 Å². The van der Waals surface area contributed by atoms with E-state index in [2.05, 4.69) is 70.4 Å². The van der Waals surface area contributed by atoms with Crippen LogP contribution in [0.5, 0.6) is 11.5 Å². The number of ether oxygens (including phenoxy) is 2. The van der Waals surface area contributed by atoms with E-state index in [1.54, 1.807) is 0 Å². The van der Waals surface area contributed by atoms with Gasteiger partial charge < -0.3 is 14.5 Å². The van der Waals surface area contributed by atoms with Gasteiger partial charge in [0.25, 0.3) is 5.56 Å². The summed E-state index contributed by atoms with van der Waals surface area (Å²) in [5.74, 6) is 1.98. The van der Waals surface area contributed by atoms with Crippen molar-refractivity contribution in [2.45, 2.75) is 51.7 Å². The van der Waals surface area contributed by atoms with Crippen molar-refractivity contribution in [1.82, 2.24) is 30.1 Å². The van der Waals surface area contributed by atoms with Gasteiger partial charge in [-0.2, -0.15) is 0 Å². The van der Waals surface area contributed by atoms with Crippen LogP contribution in [0.25, 0.3) is 10.9 Å². The first-order chi connectivity index (χ1) is 16.9. The van der Waals surface area contributed by atoms with Gasteiger partial charge in [0.1, 0.15) is 6.04 Å². The highest BCUT2D eigenvalue weighted by Crippen LogP contribution is 2.37. The molecule has 0 radical (unpaired) electrons. The molecule has 0 saturated heterocycles. The van der Waals surface area contributed by atoms with Crippen molar-refractivity contribution in [3.63, 3.8) is 0 Å². The first kappa shape index (κ1) is 21.8. The molecule has 35 heavy (non-hydrogen) atoms. The molecule has 9 heteroatoms. The molecule has 9 nitrogen and oxygen atoms in total. The molecule has 1 N–H and O–H groups in total. The zero-order chi connectivity index (χ0) is 24.2. The predicted molar refractivity (Wildman–Crippen MR) is 131 cm³/mol. The van der Waals surface area contributed by atoms with Gasteiger partial charge in [-0.25, -0.2) is 4.68 Å². The Morgan fingerprint density at radius 1 is 1.11 bits per heavy atom. The fourth-order valence-electron chi connectivity index (χ4n) is 5.00. The molecule has 4 heterocycles. The third kappa shape index (κ3) is 3.67. The summed E-state index contributed by atoms with van der Waals surface area (Å²) in [4.78, 5) is 18.9. The summed E-state index contributed by atoms with van der Waals surface area (Å²) in [6.07, 6.45) is 1.74. The largest absolute Gasteiger partial charge is 0.454 e. The molecule has 0 unspecified atom stereocenters. The third-order valence-electron chi connectivity index (χ3n) is 7.36. The lowest BCUT2D eigenvalue weighted by Gasteiger charge is -2.36. The van der Waals surface area contributed by atoms with E-state index in [9.17, 15) is 4.79 Å². The van der Waals surface area contributed by atoms with Gasteiger partial charge in [0, 0.05) is 30.1 Å². The maximum absolute atomic E-state index is 13.6. The number of benzene rings is 2. The van der Waals surface area contributed by atoms with Gasteiger partial charge in [0.15, 0.2) is 17.3 Å². The molecule has 0 bridgehead atoms. The van der Waals surface area contributed by atoms with Gasteiger partial charge in [-0.3, -0.25) is 9.69 Å². The Labute approximate surface area is 202 Å². The Morgan fingerprint density at radius 2 is 1.89 bits per heavy atom. The summed E-state index contributed by atoms with van der Waals surface area (Å²) >= 11 is 0. The van der Waals surface area contributed by atoms with E-state index in [1.165, 1.54) is 11.1 Å². The predicted octanol–water partition coefficient (Wildman–Crippen LogP) is 3.54. The van der Waals surface area contributed by atoms with Crippen molar-refractivity contribution >= 4 is 10.9 Å². The number of nitrogens with one attached hydrogen (secondary N) is 1. The Bertz CT molecular complexity index is 1470. The van der Waals surface area contributed by atoms with Crippen LogP contribution < -0.4 is 15.0 Å². The molecule has 0 fully saturated rings. The highest BCUT2D eigenvalue weighted by molar-refractivity contribution is 5.83. The van der Waals surface area contributed by atoms with Crippen LogP contribution >= 0.6 is 0 Å². The second-order valence-electron chi connectivity index (χ2n) is 9.85. The summed E-state index contributed by atoms with van der Waals surface area (Å²) in [6.45, 7) is 8.02. The number of rotatable bonds is 5. The van der Waals surface area contributed by atoms with Crippen LogP contribution in [0.1, 0.15) is 55.7 Å². The summed E-state index contributed by atoms with van der Waals surface area (Å²) in [5, 5.41) is 13.8. The van der Waals surface area contributed by atoms with Crippen LogP contribution in [0.3, 0.4) is 0 Å². The maximum Gasteiger partial charge on any atom is 0.253 e. The van der Waals surface area contributed by atoms with Crippen LogP contribution in [-0.2, 0) is 18.5 Å². The molecular formula is C26H28N6O3. The quantitative estimate of drug-likeness (QED) is 0.474. The molecule has 0 saturated carbocycles. The fraction of sp³-hybridized carbons (Fsp3) is 0.385. The average molecular weight is 473 g/mol. The smallest absolute Gasteiger partial charge is 0.253 e. The summed E-state index contributed by atoms with van der Waals surface area (Å²) in [6, 6.07) is 13.7. The third-order valence-corrected chi connectivity index (χ3v) is 7.36. The molecule has 2 aliphatic rings. The first-order valence-electron chi connectivity index (χ1n) is 12.0. The Kier molecular flexibility index (Phi) is 5.10. The van der Waals surface area contributed by atoms with Gasteiger partial charge in [0.05, 0.1) is 11.1 Å². The van der Waals surface area contributed by atoms with Crippen LogP contribution in [0.2, 0.25) is 0 Å². The Morgan fingerprint density at radius 3 is 2.69 bits per heavy atom. The van der Waals surface area contributed by atoms with Crippen LogP contribution in [-0.4, -0.2) is 43.4 Å². The second-order valence-corrected chi connectivity index (χ2v) is 9.85. The van der Waals surface area contributed by atoms with E-state index in [1.807, 2.05) is 22.9 Å². The lowest BCUT2D eigenvalue weighted by molar-refractivity contribution is 0.174. The molecule has 2 aliphatic heterocycles. The number of hydrogen-bond donors (Lipinski definition) is 1. The normalized spacial score (nSPS) is 16.4. The van der Waals surface area contributed by atoms with Gasteiger partial charge in [-0.1, -0.05) is 31.2 Å². The zero-order valence-corrected chi connectivity index (χ0v) is 20.1. The van der Waals surface area contributed by atoms with Crippen molar-refractivity contribution in [1.29, 1.82) is 0 Å². The molecule has 0 aliphatic carbocycles. The molecular weight excluding hydrogens is 444 g/mol.